The highest BCUT2D eigenvalue weighted by Gasteiger charge is 2.52. The second-order valence-electron chi connectivity index (χ2n) is 8.01. The van der Waals surface area contributed by atoms with Crippen LogP contribution in [0.1, 0.15) is 39.7 Å². The second kappa shape index (κ2) is 13.4. The molecule has 1 aromatic rings. The average molecular weight is 507 g/mol. The lowest BCUT2D eigenvalue weighted by Crippen LogP contribution is -2.62. The fourth-order valence-electron chi connectivity index (χ4n) is 3.65. The Morgan fingerprint density at radius 3 is 1.81 bits per heavy atom. The van der Waals surface area contributed by atoms with Gasteiger partial charge in [-0.05, 0) is 23.8 Å². The van der Waals surface area contributed by atoms with Crippen LogP contribution < -0.4 is 4.74 Å². The number of benzene rings is 1. The number of allylic oxidation sites excluding steroid dienone is 1. The topological polar surface area (TPSA) is 141 Å². The van der Waals surface area contributed by atoms with Gasteiger partial charge in [0.15, 0.2) is 24.1 Å². The maximum Gasteiger partial charge on any atom is 0.303 e. The van der Waals surface area contributed by atoms with E-state index >= 15 is 0 Å². The van der Waals surface area contributed by atoms with Gasteiger partial charge in [-0.1, -0.05) is 18.2 Å². The summed E-state index contributed by atoms with van der Waals surface area (Å²) in [4.78, 5) is 59.7. The van der Waals surface area contributed by atoms with Crippen molar-refractivity contribution in [3.05, 3.63) is 35.9 Å². The molecule has 0 spiro atoms. The molecule has 1 aliphatic rings. The van der Waals surface area contributed by atoms with Crippen molar-refractivity contribution in [1.82, 2.24) is 0 Å². The van der Waals surface area contributed by atoms with Crippen LogP contribution in [0, 0.1) is 0 Å². The van der Waals surface area contributed by atoms with Gasteiger partial charge in [0.1, 0.15) is 24.6 Å². The van der Waals surface area contributed by atoms with Crippen molar-refractivity contribution in [3.63, 3.8) is 0 Å². The van der Waals surface area contributed by atoms with Gasteiger partial charge in [0.05, 0.1) is 7.11 Å². The highest BCUT2D eigenvalue weighted by molar-refractivity contribution is 5.94. The zero-order valence-corrected chi connectivity index (χ0v) is 20.8. The number of ether oxygens (including phenoxy) is 6. The Labute approximate surface area is 208 Å². The molecule has 1 heterocycles. The Bertz CT molecular complexity index is 982. The Kier molecular flexibility index (Phi) is 10.6. The zero-order chi connectivity index (χ0) is 26.8. The molecule has 0 bridgehead atoms. The van der Waals surface area contributed by atoms with Gasteiger partial charge in [-0.3, -0.25) is 24.0 Å². The molecule has 0 aliphatic carbocycles. The van der Waals surface area contributed by atoms with Crippen LogP contribution in [-0.2, 0) is 47.7 Å². The first kappa shape index (κ1) is 28.5. The van der Waals surface area contributed by atoms with E-state index in [-0.39, 0.29) is 18.8 Å². The van der Waals surface area contributed by atoms with E-state index in [1.807, 2.05) is 0 Å². The van der Waals surface area contributed by atoms with Crippen molar-refractivity contribution in [3.8, 4) is 5.75 Å². The van der Waals surface area contributed by atoms with Gasteiger partial charge in [0.25, 0.3) is 0 Å². The van der Waals surface area contributed by atoms with Crippen molar-refractivity contribution in [2.75, 3.05) is 13.7 Å². The van der Waals surface area contributed by atoms with Gasteiger partial charge in [0, 0.05) is 34.1 Å². The van der Waals surface area contributed by atoms with Gasteiger partial charge < -0.3 is 28.4 Å². The Hall–Kier alpha value is -3.73. The molecule has 1 saturated heterocycles. The Morgan fingerprint density at radius 1 is 0.778 bits per heavy atom. The number of esters is 4. The van der Waals surface area contributed by atoms with Gasteiger partial charge in [-0.2, -0.15) is 0 Å². The van der Waals surface area contributed by atoms with Crippen molar-refractivity contribution in [2.45, 2.75) is 64.6 Å². The minimum atomic E-state index is -1.31. The summed E-state index contributed by atoms with van der Waals surface area (Å²) in [6, 6.07) is 7.00. The molecule has 0 aromatic heterocycles. The van der Waals surface area contributed by atoms with Crippen LogP contribution in [0.4, 0.5) is 0 Å². The Morgan fingerprint density at radius 2 is 1.31 bits per heavy atom. The van der Waals surface area contributed by atoms with Crippen LogP contribution in [0.25, 0.3) is 6.08 Å². The number of methoxy groups -OCH3 is 1. The second-order valence-corrected chi connectivity index (χ2v) is 8.01. The van der Waals surface area contributed by atoms with E-state index in [9.17, 15) is 24.0 Å². The fourth-order valence-corrected chi connectivity index (χ4v) is 3.65. The molecular formula is C25H30O11. The molecule has 196 valence electrons. The first-order chi connectivity index (χ1) is 17.0. The van der Waals surface area contributed by atoms with E-state index in [4.69, 9.17) is 28.4 Å². The van der Waals surface area contributed by atoms with Crippen LogP contribution in [-0.4, -0.2) is 73.9 Å². The normalized spacial score (nSPS) is 23.4. The Balaban J connectivity index is 2.33. The molecule has 1 aliphatic heterocycles. The van der Waals surface area contributed by atoms with Crippen LogP contribution in [0.3, 0.4) is 0 Å². The van der Waals surface area contributed by atoms with Gasteiger partial charge in [-0.15, -0.1) is 0 Å². The van der Waals surface area contributed by atoms with E-state index in [1.165, 1.54) is 13.0 Å². The molecule has 11 heteroatoms. The molecule has 2 rings (SSSR count). The molecule has 0 unspecified atom stereocenters. The fraction of sp³-hybridized carbons (Fsp3) is 0.480. The standard InChI is InChI=1S/C25H30O11/c1-14(26)32-13-22-24(34-16(3)28)25(35-17(4)29)23(33-15(2)27)21(36-22)12-19(30)9-6-18-7-10-20(31-5)11-8-18/h6-11,21-25H,12-13H2,1-5H3/b9-6+/t21-,22+,23+,24+,25+/m0/s1. The summed E-state index contributed by atoms with van der Waals surface area (Å²) >= 11 is 0. The number of ketones is 1. The van der Waals surface area contributed by atoms with Gasteiger partial charge >= 0.3 is 23.9 Å². The quantitative estimate of drug-likeness (QED) is 0.260. The van der Waals surface area contributed by atoms with Crippen LogP contribution in [0.5, 0.6) is 5.75 Å². The summed E-state index contributed by atoms with van der Waals surface area (Å²) < 4.78 is 32.1. The van der Waals surface area contributed by atoms with Gasteiger partial charge in [0.2, 0.25) is 0 Å². The number of rotatable bonds is 10. The van der Waals surface area contributed by atoms with Crippen molar-refractivity contribution < 1.29 is 52.4 Å². The lowest BCUT2D eigenvalue weighted by molar-refractivity contribution is -0.252. The maximum absolute atomic E-state index is 12.8. The summed E-state index contributed by atoms with van der Waals surface area (Å²) in [5.74, 6) is -2.55. The molecule has 11 nitrogen and oxygen atoms in total. The van der Waals surface area contributed by atoms with E-state index in [0.717, 1.165) is 26.3 Å². The number of carbonyl (C=O) groups is 5. The lowest BCUT2D eigenvalue weighted by atomic mass is 9.91. The molecule has 0 N–H and O–H groups in total. The smallest absolute Gasteiger partial charge is 0.303 e. The minimum absolute atomic E-state index is 0.272. The molecule has 1 fully saturated rings. The van der Waals surface area contributed by atoms with E-state index in [1.54, 1.807) is 37.5 Å². The third-order valence-corrected chi connectivity index (χ3v) is 5.07. The van der Waals surface area contributed by atoms with Crippen LogP contribution in [0.15, 0.2) is 30.3 Å². The summed E-state index contributed by atoms with van der Waals surface area (Å²) in [7, 11) is 1.54. The highest BCUT2D eigenvalue weighted by Crippen LogP contribution is 2.31. The first-order valence-corrected chi connectivity index (χ1v) is 11.2. The van der Waals surface area contributed by atoms with E-state index in [0.29, 0.717) is 5.75 Å². The molecular weight excluding hydrogens is 476 g/mol. The average Bonchev–Trinajstić information content (AvgIpc) is 2.79. The van der Waals surface area contributed by atoms with Crippen molar-refractivity contribution >= 4 is 35.7 Å². The van der Waals surface area contributed by atoms with Crippen LogP contribution in [0.2, 0.25) is 0 Å². The molecule has 5 atom stereocenters. The van der Waals surface area contributed by atoms with Crippen LogP contribution >= 0.6 is 0 Å². The molecule has 1 aromatic carbocycles. The monoisotopic (exact) mass is 506 g/mol. The number of hydrogen-bond acceptors (Lipinski definition) is 11. The molecule has 0 radical (unpaired) electrons. The SMILES string of the molecule is COc1ccc(/C=C/C(=O)C[C@@H]2O[C@H](COC(C)=O)[C@@H](OC(C)=O)[C@H](OC(C)=O)[C@@H]2OC(C)=O)cc1. The highest BCUT2D eigenvalue weighted by atomic mass is 16.7. The first-order valence-electron chi connectivity index (χ1n) is 11.2. The van der Waals surface area contributed by atoms with Gasteiger partial charge in [-0.25, -0.2) is 0 Å². The minimum Gasteiger partial charge on any atom is -0.497 e. The molecule has 0 amide bonds. The maximum atomic E-state index is 12.8. The summed E-state index contributed by atoms with van der Waals surface area (Å²) in [6.07, 6.45) is -3.41. The van der Waals surface area contributed by atoms with E-state index < -0.39 is 54.4 Å². The predicted molar refractivity (Wildman–Crippen MR) is 124 cm³/mol. The zero-order valence-electron chi connectivity index (χ0n) is 20.8. The van der Waals surface area contributed by atoms with Crippen molar-refractivity contribution in [2.24, 2.45) is 0 Å². The third-order valence-electron chi connectivity index (χ3n) is 5.07. The number of carbonyl (C=O) groups excluding carboxylic acids is 5. The summed E-state index contributed by atoms with van der Waals surface area (Å²) in [5.41, 5.74) is 0.741. The number of hydrogen-bond donors (Lipinski definition) is 0. The predicted octanol–water partition coefficient (Wildman–Crippen LogP) is 1.79. The molecule has 0 saturated carbocycles. The molecule has 36 heavy (non-hydrogen) atoms. The lowest BCUT2D eigenvalue weighted by Gasteiger charge is -2.44. The van der Waals surface area contributed by atoms with E-state index in [2.05, 4.69) is 0 Å². The van der Waals surface area contributed by atoms with Crippen molar-refractivity contribution in [1.29, 1.82) is 0 Å². The summed E-state index contributed by atoms with van der Waals surface area (Å²) in [6.45, 7) is 4.22. The summed E-state index contributed by atoms with van der Waals surface area (Å²) in [5, 5.41) is 0. The third kappa shape index (κ3) is 8.81. The largest absolute Gasteiger partial charge is 0.497 e.